The Labute approximate surface area is 161 Å². The summed E-state index contributed by atoms with van der Waals surface area (Å²) in [5, 5.41) is 8.11. The second-order valence-electron chi connectivity index (χ2n) is 7.43. The molecule has 1 aromatic rings. The van der Waals surface area contributed by atoms with E-state index >= 15 is 0 Å². The molecule has 2 aliphatic rings. The third-order valence-electron chi connectivity index (χ3n) is 5.75. The molecule has 5 N–H and O–H groups in total. The van der Waals surface area contributed by atoms with Crippen molar-refractivity contribution in [3.63, 3.8) is 0 Å². The lowest BCUT2D eigenvalue weighted by molar-refractivity contribution is -0.127. The number of hydrogen-bond donors (Lipinski definition) is 3. The van der Waals surface area contributed by atoms with Crippen LogP contribution in [-0.2, 0) is 21.2 Å². The van der Waals surface area contributed by atoms with Crippen LogP contribution in [0.4, 0.5) is 0 Å². The van der Waals surface area contributed by atoms with Crippen LogP contribution in [0.25, 0.3) is 0 Å². The number of benzene rings is 1. The summed E-state index contributed by atoms with van der Waals surface area (Å²) in [5.74, 6) is 1.20. The summed E-state index contributed by atoms with van der Waals surface area (Å²) >= 11 is 0. The van der Waals surface area contributed by atoms with Gasteiger partial charge in [0.15, 0.2) is 0 Å². The minimum absolute atomic E-state index is 0. The molecule has 3 rings (SSSR count). The van der Waals surface area contributed by atoms with Gasteiger partial charge in [0.25, 0.3) is 0 Å². The number of fused-ring (bicyclic) bond motifs is 2. The Hall–Kier alpha value is -1.15. The largest absolute Gasteiger partial charge is 0.356 e. The summed E-state index contributed by atoms with van der Waals surface area (Å²) in [6.45, 7) is 0.547. The van der Waals surface area contributed by atoms with Crippen molar-refractivity contribution in [2.45, 2.75) is 49.5 Å². The Morgan fingerprint density at radius 2 is 1.69 bits per heavy atom. The zero-order valence-electron chi connectivity index (χ0n) is 14.8. The van der Waals surface area contributed by atoms with Crippen molar-refractivity contribution in [1.29, 1.82) is 0 Å². The van der Waals surface area contributed by atoms with Crippen LogP contribution in [0.1, 0.15) is 37.7 Å². The molecule has 2 fully saturated rings. The minimum atomic E-state index is -3.66. The highest BCUT2D eigenvalue weighted by molar-refractivity contribution is 7.89. The van der Waals surface area contributed by atoms with Crippen LogP contribution >= 0.6 is 12.4 Å². The fraction of sp³-hybridized carbons (Fsp3) is 0.611. The molecule has 146 valence electrons. The molecule has 1 aromatic carbocycles. The number of nitrogens with one attached hydrogen (secondary N) is 1. The van der Waals surface area contributed by atoms with Gasteiger partial charge >= 0.3 is 0 Å². The molecule has 0 saturated heterocycles. The van der Waals surface area contributed by atoms with Crippen LogP contribution in [-0.4, -0.2) is 26.9 Å². The molecule has 2 aliphatic carbocycles. The third kappa shape index (κ3) is 4.97. The van der Waals surface area contributed by atoms with Crippen LogP contribution in [0, 0.1) is 17.8 Å². The monoisotopic (exact) mass is 401 g/mol. The van der Waals surface area contributed by atoms with Gasteiger partial charge in [-0.05, 0) is 61.6 Å². The van der Waals surface area contributed by atoms with E-state index in [-0.39, 0.29) is 35.2 Å². The molecule has 2 bridgehead atoms. The van der Waals surface area contributed by atoms with Gasteiger partial charge in [0, 0.05) is 18.5 Å². The number of primary sulfonamides is 1. The van der Waals surface area contributed by atoms with Crippen LogP contribution in [0.2, 0.25) is 0 Å². The molecule has 0 aliphatic heterocycles. The molecular weight excluding hydrogens is 374 g/mol. The molecule has 1 amide bonds. The Kier molecular flexibility index (Phi) is 7.07. The summed E-state index contributed by atoms with van der Waals surface area (Å²) in [4.78, 5) is 12.6. The van der Waals surface area contributed by atoms with Gasteiger partial charge in [-0.15, -0.1) is 12.4 Å². The Balaban J connectivity index is 0.00000243. The quantitative estimate of drug-likeness (QED) is 0.694. The van der Waals surface area contributed by atoms with E-state index in [1.165, 1.54) is 18.6 Å². The normalized spacial score (nSPS) is 28.1. The van der Waals surface area contributed by atoms with Crippen molar-refractivity contribution < 1.29 is 13.2 Å². The van der Waals surface area contributed by atoms with Crippen LogP contribution in [0.5, 0.6) is 0 Å². The summed E-state index contributed by atoms with van der Waals surface area (Å²) in [6, 6.07) is 6.73. The topological polar surface area (TPSA) is 115 Å². The molecule has 0 radical (unpaired) electrons. The Morgan fingerprint density at radius 3 is 2.23 bits per heavy atom. The van der Waals surface area contributed by atoms with Crippen molar-refractivity contribution in [3.8, 4) is 0 Å². The molecule has 0 heterocycles. The average molecular weight is 402 g/mol. The van der Waals surface area contributed by atoms with E-state index in [1.54, 1.807) is 12.1 Å². The van der Waals surface area contributed by atoms with Crippen molar-refractivity contribution in [2.75, 3.05) is 6.54 Å². The van der Waals surface area contributed by atoms with Crippen LogP contribution in [0.15, 0.2) is 29.2 Å². The van der Waals surface area contributed by atoms with Crippen molar-refractivity contribution in [1.82, 2.24) is 5.32 Å². The van der Waals surface area contributed by atoms with E-state index < -0.39 is 10.0 Å². The minimum Gasteiger partial charge on any atom is -0.356 e. The van der Waals surface area contributed by atoms with E-state index in [2.05, 4.69) is 5.32 Å². The molecule has 0 spiro atoms. The van der Waals surface area contributed by atoms with Gasteiger partial charge in [0.1, 0.15) is 0 Å². The number of sulfonamides is 1. The van der Waals surface area contributed by atoms with E-state index in [0.29, 0.717) is 24.8 Å². The highest BCUT2D eigenvalue weighted by atomic mass is 35.5. The smallest absolute Gasteiger partial charge is 0.238 e. The number of carbonyl (C=O) groups excluding carboxylic acids is 1. The molecule has 2 saturated carbocycles. The van der Waals surface area contributed by atoms with Gasteiger partial charge in [-0.2, -0.15) is 0 Å². The van der Waals surface area contributed by atoms with Gasteiger partial charge in [-0.3, -0.25) is 4.79 Å². The molecule has 6 nitrogen and oxygen atoms in total. The standard InChI is InChI=1S/C18H27N3O3S.ClH/c19-17-13-2-1-3-14(17)11-15(10-13)18(22)21-9-8-12-4-6-16(7-5-12)25(20,23)24;/h4-7,13-15,17H,1-3,8-11,19H2,(H,21,22)(H2,20,23,24);1H. The highest BCUT2D eigenvalue weighted by Crippen LogP contribution is 2.41. The molecule has 2 atom stereocenters. The number of halogens is 1. The van der Waals surface area contributed by atoms with Crippen LogP contribution < -0.4 is 16.2 Å². The Bertz CT molecular complexity index is 710. The number of hydrogen-bond acceptors (Lipinski definition) is 4. The third-order valence-corrected chi connectivity index (χ3v) is 6.68. The van der Waals surface area contributed by atoms with Gasteiger partial charge in [-0.1, -0.05) is 18.6 Å². The lowest BCUT2D eigenvalue weighted by atomic mass is 9.65. The lowest BCUT2D eigenvalue weighted by Gasteiger charge is -2.43. The zero-order chi connectivity index (χ0) is 18.0. The van der Waals surface area contributed by atoms with E-state index in [0.717, 1.165) is 31.2 Å². The first-order valence-corrected chi connectivity index (χ1v) is 10.5. The van der Waals surface area contributed by atoms with Gasteiger partial charge in [0.05, 0.1) is 4.90 Å². The fourth-order valence-corrected chi connectivity index (χ4v) is 4.84. The maximum atomic E-state index is 12.5. The van der Waals surface area contributed by atoms with Gasteiger partial charge < -0.3 is 11.1 Å². The van der Waals surface area contributed by atoms with Gasteiger partial charge in [-0.25, -0.2) is 13.6 Å². The second kappa shape index (κ2) is 8.69. The SMILES string of the molecule is Cl.NC1C2CCCC1CC(C(=O)NCCc1ccc(S(N)(=O)=O)cc1)C2. The summed E-state index contributed by atoms with van der Waals surface area (Å²) in [5.41, 5.74) is 7.25. The summed E-state index contributed by atoms with van der Waals surface area (Å²) in [6.07, 6.45) is 6.02. The number of nitrogens with two attached hydrogens (primary N) is 2. The first-order valence-electron chi connectivity index (χ1n) is 8.99. The van der Waals surface area contributed by atoms with Crippen LogP contribution in [0.3, 0.4) is 0 Å². The molecular formula is C18H28ClN3O3S. The predicted molar refractivity (Wildman–Crippen MR) is 103 cm³/mol. The van der Waals surface area contributed by atoms with E-state index in [9.17, 15) is 13.2 Å². The summed E-state index contributed by atoms with van der Waals surface area (Å²) in [7, 11) is -3.66. The number of rotatable bonds is 5. The number of amides is 1. The fourth-order valence-electron chi connectivity index (χ4n) is 4.32. The molecule has 26 heavy (non-hydrogen) atoms. The van der Waals surface area contributed by atoms with E-state index in [4.69, 9.17) is 10.9 Å². The predicted octanol–water partition coefficient (Wildman–Crippen LogP) is 1.57. The molecule has 8 heteroatoms. The number of carbonyl (C=O) groups is 1. The second-order valence-corrected chi connectivity index (χ2v) is 8.99. The first-order chi connectivity index (χ1) is 11.8. The van der Waals surface area contributed by atoms with Crippen molar-refractivity contribution >= 4 is 28.3 Å². The van der Waals surface area contributed by atoms with Gasteiger partial charge in [0.2, 0.25) is 15.9 Å². The summed E-state index contributed by atoms with van der Waals surface area (Å²) < 4.78 is 22.5. The Morgan fingerprint density at radius 1 is 1.12 bits per heavy atom. The van der Waals surface area contributed by atoms with E-state index in [1.807, 2.05) is 0 Å². The molecule has 0 aromatic heterocycles. The maximum Gasteiger partial charge on any atom is 0.238 e. The average Bonchev–Trinajstić information content (AvgIpc) is 2.54. The molecule has 2 unspecified atom stereocenters. The van der Waals surface area contributed by atoms with Crippen molar-refractivity contribution in [3.05, 3.63) is 29.8 Å². The maximum absolute atomic E-state index is 12.5. The zero-order valence-corrected chi connectivity index (χ0v) is 16.4. The van der Waals surface area contributed by atoms with Crippen molar-refractivity contribution in [2.24, 2.45) is 28.6 Å². The lowest BCUT2D eigenvalue weighted by Crippen LogP contribution is -2.49. The first kappa shape index (κ1) is 21.2. The highest BCUT2D eigenvalue weighted by Gasteiger charge is 2.40.